The first-order valence-electron chi connectivity index (χ1n) is 5.78. The molecule has 3 N–H and O–H groups in total. The third kappa shape index (κ3) is 4.90. The van der Waals surface area contributed by atoms with Gasteiger partial charge in [-0.15, -0.1) is 0 Å². The van der Waals surface area contributed by atoms with Gasteiger partial charge in [-0.05, 0) is 25.0 Å². The summed E-state index contributed by atoms with van der Waals surface area (Å²) < 4.78 is 5.15. The van der Waals surface area contributed by atoms with Gasteiger partial charge in [-0.1, -0.05) is 6.92 Å². The summed E-state index contributed by atoms with van der Waals surface area (Å²) in [6.07, 6.45) is 1.58. The van der Waals surface area contributed by atoms with Crippen molar-refractivity contribution in [2.24, 2.45) is 5.92 Å². The van der Waals surface area contributed by atoms with Crippen LogP contribution in [0.1, 0.15) is 32.1 Å². The van der Waals surface area contributed by atoms with Crippen molar-refractivity contribution in [3.8, 4) is 0 Å². The summed E-state index contributed by atoms with van der Waals surface area (Å²) in [7, 11) is 0. The van der Waals surface area contributed by atoms with E-state index in [1.54, 1.807) is 32.2 Å². The molecule has 0 aromatic carbocycles. The Bertz CT molecular complexity index is 389. The van der Waals surface area contributed by atoms with Crippen molar-refractivity contribution in [1.82, 2.24) is 10.6 Å². The molecule has 2 unspecified atom stereocenters. The highest BCUT2D eigenvalue weighted by molar-refractivity contribution is 5.74. The Labute approximate surface area is 105 Å². The first kappa shape index (κ1) is 14.1. The monoisotopic (exact) mass is 254 g/mol. The quantitative estimate of drug-likeness (QED) is 0.721. The Morgan fingerprint density at radius 2 is 2.17 bits per heavy atom. The molecule has 6 heteroatoms. The van der Waals surface area contributed by atoms with Crippen LogP contribution in [0, 0.1) is 5.92 Å². The lowest BCUT2D eigenvalue weighted by Crippen LogP contribution is -2.39. The highest BCUT2D eigenvalue weighted by Gasteiger charge is 2.13. The molecule has 1 heterocycles. The van der Waals surface area contributed by atoms with Crippen LogP contribution in [0.15, 0.2) is 22.8 Å². The number of carbonyl (C=O) groups excluding carboxylic acids is 1. The Morgan fingerprint density at radius 3 is 2.72 bits per heavy atom. The molecular weight excluding hydrogens is 236 g/mol. The Morgan fingerprint density at radius 1 is 1.44 bits per heavy atom. The van der Waals surface area contributed by atoms with Gasteiger partial charge in [0.2, 0.25) is 0 Å². The maximum absolute atomic E-state index is 11.5. The first-order chi connectivity index (χ1) is 8.49. The number of rotatable bonds is 6. The number of carboxylic acid groups (broad SMARTS) is 1. The fourth-order valence-corrected chi connectivity index (χ4v) is 1.49. The Balaban J connectivity index is 2.27. The predicted molar refractivity (Wildman–Crippen MR) is 65.1 cm³/mol. The van der Waals surface area contributed by atoms with Gasteiger partial charge in [0.15, 0.2) is 0 Å². The van der Waals surface area contributed by atoms with E-state index in [0.29, 0.717) is 12.3 Å². The normalized spacial score (nSPS) is 13.7. The van der Waals surface area contributed by atoms with Crippen molar-refractivity contribution in [2.45, 2.75) is 26.3 Å². The Kier molecular flexibility index (Phi) is 5.23. The van der Waals surface area contributed by atoms with Crippen molar-refractivity contribution < 1.29 is 19.1 Å². The lowest BCUT2D eigenvalue weighted by Gasteiger charge is -2.14. The van der Waals surface area contributed by atoms with Crippen LogP contribution in [-0.2, 0) is 4.79 Å². The zero-order chi connectivity index (χ0) is 13.5. The Hall–Kier alpha value is -1.98. The van der Waals surface area contributed by atoms with Crippen molar-refractivity contribution in [3.05, 3.63) is 24.2 Å². The molecule has 0 aliphatic heterocycles. The summed E-state index contributed by atoms with van der Waals surface area (Å²) >= 11 is 0. The van der Waals surface area contributed by atoms with Crippen LogP contribution in [0.3, 0.4) is 0 Å². The van der Waals surface area contributed by atoms with Crippen LogP contribution in [0.2, 0.25) is 0 Å². The van der Waals surface area contributed by atoms with Gasteiger partial charge in [0.25, 0.3) is 0 Å². The zero-order valence-corrected chi connectivity index (χ0v) is 10.5. The van der Waals surface area contributed by atoms with E-state index in [4.69, 9.17) is 9.52 Å². The number of amides is 2. The average molecular weight is 254 g/mol. The van der Waals surface area contributed by atoms with Gasteiger partial charge in [-0.2, -0.15) is 0 Å². The van der Waals surface area contributed by atoms with Gasteiger partial charge in [-0.25, -0.2) is 4.79 Å². The molecule has 1 aromatic rings. The van der Waals surface area contributed by atoms with E-state index < -0.39 is 5.97 Å². The molecule has 0 saturated heterocycles. The van der Waals surface area contributed by atoms with Gasteiger partial charge < -0.3 is 20.2 Å². The smallest absolute Gasteiger partial charge is 0.315 e. The van der Waals surface area contributed by atoms with Gasteiger partial charge in [-0.3, -0.25) is 4.79 Å². The van der Waals surface area contributed by atoms with Gasteiger partial charge in [0, 0.05) is 13.0 Å². The largest absolute Gasteiger partial charge is 0.481 e. The lowest BCUT2D eigenvalue weighted by atomic mass is 10.1. The highest BCUT2D eigenvalue weighted by Crippen LogP contribution is 2.11. The number of aliphatic carboxylic acids is 1. The molecule has 18 heavy (non-hydrogen) atoms. The van der Waals surface area contributed by atoms with Crippen LogP contribution >= 0.6 is 0 Å². The molecule has 0 saturated carbocycles. The maximum atomic E-state index is 11.5. The summed E-state index contributed by atoms with van der Waals surface area (Å²) in [5, 5.41) is 13.9. The molecule has 1 aromatic heterocycles. The van der Waals surface area contributed by atoms with Crippen molar-refractivity contribution in [1.29, 1.82) is 0 Å². The number of carboxylic acids is 1. The molecule has 0 spiro atoms. The van der Waals surface area contributed by atoms with Crippen LogP contribution in [-0.4, -0.2) is 23.7 Å². The minimum atomic E-state index is -0.867. The number of furan rings is 1. The van der Waals surface area contributed by atoms with Crippen LogP contribution < -0.4 is 10.6 Å². The summed E-state index contributed by atoms with van der Waals surface area (Å²) in [6, 6.07) is 2.96. The fourth-order valence-electron chi connectivity index (χ4n) is 1.49. The molecule has 2 amide bonds. The number of hydrogen-bond donors (Lipinski definition) is 3. The van der Waals surface area contributed by atoms with E-state index in [1.807, 2.05) is 0 Å². The molecule has 6 nitrogen and oxygen atoms in total. The second-order valence-corrected chi connectivity index (χ2v) is 4.29. The first-order valence-corrected chi connectivity index (χ1v) is 5.78. The van der Waals surface area contributed by atoms with E-state index in [0.717, 1.165) is 0 Å². The molecule has 0 aliphatic carbocycles. The third-order valence-electron chi connectivity index (χ3n) is 2.45. The molecule has 0 fully saturated rings. The topological polar surface area (TPSA) is 91.6 Å². The second kappa shape index (κ2) is 6.68. The minimum Gasteiger partial charge on any atom is -0.481 e. The summed E-state index contributed by atoms with van der Waals surface area (Å²) in [5.74, 6) is -0.301. The SMILES string of the molecule is CC(CNC(=O)NC(C)c1ccco1)CC(=O)O. The predicted octanol–water partition coefficient (Wildman–Crippen LogP) is 1.75. The standard InChI is InChI=1S/C12H18N2O4/c1-8(6-11(15)16)7-13-12(17)14-9(2)10-4-3-5-18-10/h3-5,8-9H,6-7H2,1-2H3,(H,15,16)(H2,13,14,17). The number of nitrogens with one attached hydrogen (secondary N) is 2. The molecule has 100 valence electrons. The molecule has 0 radical (unpaired) electrons. The molecule has 0 bridgehead atoms. The number of carbonyl (C=O) groups is 2. The van der Waals surface area contributed by atoms with E-state index in [9.17, 15) is 9.59 Å². The van der Waals surface area contributed by atoms with Crippen LogP contribution in [0.5, 0.6) is 0 Å². The average Bonchev–Trinajstić information content (AvgIpc) is 2.78. The maximum Gasteiger partial charge on any atom is 0.315 e. The zero-order valence-electron chi connectivity index (χ0n) is 10.5. The van der Waals surface area contributed by atoms with Crippen molar-refractivity contribution in [2.75, 3.05) is 6.54 Å². The van der Waals surface area contributed by atoms with Gasteiger partial charge in [0.05, 0.1) is 12.3 Å². The molecule has 0 aliphatic rings. The number of urea groups is 1. The lowest BCUT2D eigenvalue weighted by molar-refractivity contribution is -0.137. The third-order valence-corrected chi connectivity index (χ3v) is 2.45. The molecular formula is C12H18N2O4. The summed E-state index contributed by atoms with van der Waals surface area (Å²) in [5.41, 5.74) is 0. The van der Waals surface area contributed by atoms with Crippen LogP contribution in [0.4, 0.5) is 4.79 Å². The van der Waals surface area contributed by atoms with Crippen LogP contribution in [0.25, 0.3) is 0 Å². The highest BCUT2D eigenvalue weighted by atomic mass is 16.4. The molecule has 2 atom stereocenters. The molecule has 1 rings (SSSR count). The van der Waals surface area contributed by atoms with Crippen molar-refractivity contribution in [3.63, 3.8) is 0 Å². The minimum absolute atomic E-state index is 0.0357. The fraction of sp³-hybridized carbons (Fsp3) is 0.500. The van der Waals surface area contributed by atoms with Gasteiger partial charge in [0.1, 0.15) is 5.76 Å². The second-order valence-electron chi connectivity index (χ2n) is 4.29. The van der Waals surface area contributed by atoms with E-state index >= 15 is 0 Å². The van der Waals surface area contributed by atoms with E-state index in [1.165, 1.54) is 0 Å². The van der Waals surface area contributed by atoms with E-state index in [-0.39, 0.29) is 24.4 Å². The van der Waals surface area contributed by atoms with E-state index in [2.05, 4.69) is 10.6 Å². The van der Waals surface area contributed by atoms with Gasteiger partial charge >= 0.3 is 12.0 Å². The van der Waals surface area contributed by atoms with Crippen molar-refractivity contribution >= 4 is 12.0 Å². The summed E-state index contributed by atoms with van der Waals surface area (Å²) in [6.45, 7) is 3.90. The summed E-state index contributed by atoms with van der Waals surface area (Å²) in [4.78, 5) is 22.0. The number of hydrogen-bond acceptors (Lipinski definition) is 3.